The van der Waals surface area contributed by atoms with Crippen LogP contribution in [0.1, 0.15) is 20.9 Å². The highest BCUT2D eigenvalue weighted by atomic mass is 32.1. The van der Waals surface area contributed by atoms with Crippen LogP contribution in [-0.2, 0) is 4.79 Å². The van der Waals surface area contributed by atoms with Crippen molar-refractivity contribution in [1.29, 1.82) is 5.26 Å². The van der Waals surface area contributed by atoms with Crippen molar-refractivity contribution in [2.75, 3.05) is 10.6 Å². The summed E-state index contributed by atoms with van der Waals surface area (Å²) in [6, 6.07) is 7.46. The molecule has 1 aromatic heterocycles. The molecule has 1 heterocycles. The number of rotatable bonds is 5. The summed E-state index contributed by atoms with van der Waals surface area (Å²) in [5.74, 6) is -1.65. The lowest BCUT2D eigenvalue weighted by Gasteiger charge is -2.04. The van der Waals surface area contributed by atoms with Gasteiger partial charge in [0.05, 0.1) is 11.3 Å². The SMILES string of the molecule is Cc1nc(N/C=C(/C#N)C(=O)Nc2ccc(C(=O)O)cc2)sc1C. The van der Waals surface area contributed by atoms with Gasteiger partial charge in [-0.05, 0) is 38.1 Å². The Balaban J connectivity index is 2.06. The van der Waals surface area contributed by atoms with Crippen LogP contribution < -0.4 is 10.6 Å². The molecule has 2 rings (SSSR count). The normalized spacial score (nSPS) is 10.8. The summed E-state index contributed by atoms with van der Waals surface area (Å²) in [5.41, 5.74) is 1.27. The number of hydrogen-bond donors (Lipinski definition) is 3. The van der Waals surface area contributed by atoms with E-state index in [-0.39, 0.29) is 11.1 Å². The lowest BCUT2D eigenvalue weighted by Crippen LogP contribution is -2.14. The second kappa shape index (κ2) is 7.39. The number of anilines is 2. The summed E-state index contributed by atoms with van der Waals surface area (Å²) in [4.78, 5) is 28.2. The highest BCUT2D eigenvalue weighted by Crippen LogP contribution is 2.21. The molecule has 0 bridgehead atoms. The monoisotopic (exact) mass is 342 g/mol. The molecule has 8 heteroatoms. The molecule has 0 radical (unpaired) electrons. The Morgan fingerprint density at radius 2 is 1.96 bits per heavy atom. The summed E-state index contributed by atoms with van der Waals surface area (Å²) >= 11 is 1.42. The second-order valence-electron chi connectivity index (χ2n) is 4.81. The molecular weight excluding hydrogens is 328 g/mol. The number of carboxylic acids is 1. The molecule has 0 aliphatic heterocycles. The highest BCUT2D eigenvalue weighted by Gasteiger charge is 2.11. The number of carbonyl (C=O) groups is 2. The first-order chi connectivity index (χ1) is 11.4. The zero-order valence-electron chi connectivity index (χ0n) is 13.0. The maximum absolute atomic E-state index is 12.1. The minimum absolute atomic E-state index is 0.111. The fourth-order valence-electron chi connectivity index (χ4n) is 1.71. The molecule has 0 fully saturated rings. The van der Waals surface area contributed by atoms with Gasteiger partial charge >= 0.3 is 5.97 Å². The number of hydrogen-bond acceptors (Lipinski definition) is 6. The zero-order chi connectivity index (χ0) is 17.7. The van der Waals surface area contributed by atoms with Gasteiger partial charge in [0.15, 0.2) is 5.13 Å². The van der Waals surface area contributed by atoms with Crippen LogP contribution in [0.5, 0.6) is 0 Å². The van der Waals surface area contributed by atoms with Gasteiger partial charge in [-0.1, -0.05) is 0 Å². The van der Waals surface area contributed by atoms with Gasteiger partial charge in [-0.15, -0.1) is 11.3 Å². The van der Waals surface area contributed by atoms with Gasteiger partial charge in [-0.3, -0.25) is 4.79 Å². The van der Waals surface area contributed by atoms with Crippen LogP contribution >= 0.6 is 11.3 Å². The Morgan fingerprint density at radius 1 is 1.29 bits per heavy atom. The van der Waals surface area contributed by atoms with Crippen molar-refractivity contribution in [3.8, 4) is 6.07 Å². The van der Waals surface area contributed by atoms with E-state index in [0.29, 0.717) is 10.8 Å². The van der Waals surface area contributed by atoms with Gasteiger partial charge in [0.25, 0.3) is 5.91 Å². The number of benzene rings is 1. The van der Waals surface area contributed by atoms with E-state index in [9.17, 15) is 9.59 Å². The number of thiazole rings is 1. The van der Waals surface area contributed by atoms with E-state index in [0.717, 1.165) is 10.6 Å². The minimum atomic E-state index is -1.05. The van der Waals surface area contributed by atoms with Crippen LogP contribution in [0.3, 0.4) is 0 Å². The molecule has 7 nitrogen and oxygen atoms in total. The third-order valence-corrected chi connectivity index (χ3v) is 4.13. The second-order valence-corrected chi connectivity index (χ2v) is 6.01. The first-order valence-corrected chi connectivity index (χ1v) is 7.68. The number of aromatic nitrogens is 1. The average molecular weight is 342 g/mol. The van der Waals surface area contributed by atoms with Crippen LogP contribution in [0.2, 0.25) is 0 Å². The summed E-state index contributed by atoms with van der Waals surface area (Å²) in [6.07, 6.45) is 1.29. The van der Waals surface area contributed by atoms with Crippen LogP contribution in [0.4, 0.5) is 10.8 Å². The Bertz CT molecular complexity index is 828. The van der Waals surface area contributed by atoms with Gasteiger partial charge in [0.1, 0.15) is 11.6 Å². The molecule has 0 spiro atoms. The topological polar surface area (TPSA) is 115 Å². The number of nitrogens with zero attached hydrogens (tertiary/aromatic N) is 2. The number of aromatic carboxylic acids is 1. The number of carbonyl (C=O) groups excluding carboxylic acids is 1. The molecule has 0 saturated heterocycles. The standard InChI is InChI=1S/C16H14N4O3S/c1-9-10(2)24-16(19-9)18-8-12(7-17)14(21)20-13-5-3-11(4-6-13)15(22)23/h3-6,8H,1-2H3,(H,18,19)(H,20,21)(H,22,23)/b12-8-. The molecule has 0 aliphatic carbocycles. The number of amides is 1. The fourth-order valence-corrected chi connectivity index (χ4v) is 2.50. The van der Waals surface area contributed by atoms with Crippen molar-refractivity contribution in [1.82, 2.24) is 4.98 Å². The van der Waals surface area contributed by atoms with Crippen molar-refractivity contribution in [2.24, 2.45) is 0 Å². The Morgan fingerprint density at radius 3 is 2.46 bits per heavy atom. The van der Waals surface area contributed by atoms with Gasteiger partial charge in [0, 0.05) is 16.8 Å². The highest BCUT2D eigenvalue weighted by molar-refractivity contribution is 7.15. The molecular formula is C16H14N4O3S. The van der Waals surface area contributed by atoms with Crippen LogP contribution in [0, 0.1) is 25.2 Å². The fraction of sp³-hybridized carbons (Fsp3) is 0.125. The minimum Gasteiger partial charge on any atom is -0.478 e. The molecule has 2 aromatic rings. The van der Waals surface area contributed by atoms with E-state index in [4.69, 9.17) is 10.4 Å². The summed E-state index contributed by atoms with van der Waals surface area (Å²) in [6.45, 7) is 3.81. The summed E-state index contributed by atoms with van der Waals surface area (Å²) < 4.78 is 0. The molecule has 1 aromatic carbocycles. The molecule has 122 valence electrons. The van der Waals surface area contributed by atoms with Gasteiger partial charge in [0.2, 0.25) is 0 Å². The van der Waals surface area contributed by atoms with Gasteiger partial charge in [-0.2, -0.15) is 5.26 Å². The molecule has 24 heavy (non-hydrogen) atoms. The van der Waals surface area contributed by atoms with Gasteiger partial charge in [-0.25, -0.2) is 9.78 Å². The molecule has 0 aliphatic rings. The first-order valence-electron chi connectivity index (χ1n) is 6.86. The van der Waals surface area contributed by atoms with Crippen molar-refractivity contribution in [3.63, 3.8) is 0 Å². The van der Waals surface area contributed by atoms with Crippen molar-refractivity contribution in [2.45, 2.75) is 13.8 Å². The maximum atomic E-state index is 12.1. The predicted molar refractivity (Wildman–Crippen MR) is 90.9 cm³/mol. The average Bonchev–Trinajstić information content (AvgIpc) is 2.86. The van der Waals surface area contributed by atoms with E-state index in [1.54, 1.807) is 0 Å². The van der Waals surface area contributed by atoms with E-state index in [2.05, 4.69) is 15.6 Å². The quantitative estimate of drug-likeness (QED) is 0.568. The largest absolute Gasteiger partial charge is 0.478 e. The van der Waals surface area contributed by atoms with Crippen molar-refractivity contribution in [3.05, 3.63) is 52.2 Å². The van der Waals surface area contributed by atoms with Crippen LogP contribution in [0.15, 0.2) is 36.0 Å². The molecule has 0 unspecified atom stereocenters. The Labute approximate surface area is 142 Å². The predicted octanol–water partition coefficient (Wildman–Crippen LogP) is 2.92. The van der Waals surface area contributed by atoms with Crippen LogP contribution in [-0.4, -0.2) is 22.0 Å². The van der Waals surface area contributed by atoms with E-state index >= 15 is 0 Å². The molecule has 3 N–H and O–H groups in total. The van der Waals surface area contributed by atoms with Crippen LogP contribution in [0.25, 0.3) is 0 Å². The molecule has 0 atom stereocenters. The zero-order valence-corrected chi connectivity index (χ0v) is 13.8. The molecule has 0 saturated carbocycles. The Hall–Kier alpha value is -3.18. The molecule has 1 amide bonds. The number of nitriles is 1. The maximum Gasteiger partial charge on any atom is 0.335 e. The van der Waals surface area contributed by atoms with E-state index in [1.165, 1.54) is 41.8 Å². The van der Waals surface area contributed by atoms with Crippen molar-refractivity contribution < 1.29 is 14.7 Å². The number of aryl methyl sites for hydroxylation is 2. The first kappa shape index (κ1) is 17.2. The van der Waals surface area contributed by atoms with E-state index in [1.807, 2.05) is 19.9 Å². The number of nitrogens with one attached hydrogen (secondary N) is 2. The lowest BCUT2D eigenvalue weighted by atomic mass is 10.2. The summed E-state index contributed by atoms with van der Waals surface area (Å²) in [5, 5.41) is 23.9. The number of carboxylic acid groups (broad SMARTS) is 1. The third-order valence-electron chi connectivity index (χ3n) is 3.12. The van der Waals surface area contributed by atoms with Gasteiger partial charge < -0.3 is 15.7 Å². The van der Waals surface area contributed by atoms with Crippen molar-refractivity contribution >= 4 is 34.0 Å². The smallest absolute Gasteiger partial charge is 0.335 e. The van der Waals surface area contributed by atoms with E-state index < -0.39 is 11.9 Å². The Kier molecular flexibility index (Phi) is 5.29. The lowest BCUT2D eigenvalue weighted by molar-refractivity contribution is -0.112. The third kappa shape index (κ3) is 4.18. The summed E-state index contributed by atoms with van der Waals surface area (Å²) in [7, 11) is 0.